The molecule has 1 aromatic carbocycles. The zero-order chi connectivity index (χ0) is 11.3. The predicted octanol–water partition coefficient (Wildman–Crippen LogP) is 3.01. The minimum Gasteiger partial charge on any atom is -0.379 e. The van der Waals surface area contributed by atoms with Gasteiger partial charge in [0.05, 0.1) is 12.6 Å². The fraction of sp³-hybridized carbons (Fsp3) is 0.455. The van der Waals surface area contributed by atoms with Crippen molar-refractivity contribution in [2.24, 2.45) is 5.73 Å². The van der Waals surface area contributed by atoms with Crippen molar-refractivity contribution in [1.29, 1.82) is 0 Å². The van der Waals surface area contributed by atoms with E-state index in [1.807, 2.05) is 6.92 Å². The second-order valence-electron chi connectivity index (χ2n) is 3.35. The molecular weight excluding hydrogens is 261 g/mol. The minimum absolute atomic E-state index is 0.279. The van der Waals surface area contributed by atoms with Gasteiger partial charge in [0.25, 0.3) is 0 Å². The summed E-state index contributed by atoms with van der Waals surface area (Å²) in [6.07, 6.45) is 0.955. The van der Waals surface area contributed by atoms with Gasteiger partial charge >= 0.3 is 0 Å². The van der Waals surface area contributed by atoms with Gasteiger partial charge in [-0.2, -0.15) is 0 Å². The molecule has 0 radical (unpaired) electrons. The first-order chi connectivity index (χ1) is 7.15. The second-order valence-corrected chi connectivity index (χ2v) is 4.20. The summed E-state index contributed by atoms with van der Waals surface area (Å²) in [5, 5.41) is 0. The topological polar surface area (TPSA) is 35.2 Å². The molecule has 0 heterocycles. The molecule has 0 aromatic heterocycles. The number of hydrogen-bond donors (Lipinski definition) is 1. The van der Waals surface area contributed by atoms with Crippen molar-refractivity contribution in [2.75, 3.05) is 13.2 Å². The van der Waals surface area contributed by atoms with Crippen LogP contribution in [0, 0.1) is 5.82 Å². The maximum absolute atomic E-state index is 13.0. The Hall–Kier alpha value is -0.450. The standard InChI is InChI=1S/C11H15BrFNO/c1-2-5-15-7-11(14)9-6-8(13)3-4-10(9)12/h3-4,6,11H,2,5,7,14H2,1H3. The quantitative estimate of drug-likeness (QED) is 0.839. The molecule has 0 fully saturated rings. The van der Waals surface area contributed by atoms with Gasteiger partial charge in [-0.05, 0) is 30.2 Å². The number of halogens is 2. The highest BCUT2D eigenvalue weighted by atomic mass is 79.9. The van der Waals surface area contributed by atoms with E-state index in [0.717, 1.165) is 16.5 Å². The molecule has 1 rings (SSSR count). The lowest BCUT2D eigenvalue weighted by atomic mass is 10.1. The van der Waals surface area contributed by atoms with Crippen molar-refractivity contribution >= 4 is 15.9 Å². The fourth-order valence-electron chi connectivity index (χ4n) is 1.24. The Bertz CT molecular complexity index is 319. The van der Waals surface area contributed by atoms with Crippen LogP contribution in [-0.4, -0.2) is 13.2 Å². The maximum atomic E-state index is 13.0. The van der Waals surface area contributed by atoms with Crippen LogP contribution in [0.2, 0.25) is 0 Å². The number of nitrogens with two attached hydrogens (primary N) is 1. The molecule has 0 saturated carbocycles. The second kappa shape index (κ2) is 6.20. The first-order valence-electron chi connectivity index (χ1n) is 4.93. The van der Waals surface area contributed by atoms with Crippen LogP contribution < -0.4 is 5.73 Å². The molecule has 1 aromatic rings. The van der Waals surface area contributed by atoms with Crippen molar-refractivity contribution in [3.63, 3.8) is 0 Å². The van der Waals surface area contributed by atoms with E-state index in [0.29, 0.717) is 13.2 Å². The minimum atomic E-state index is -0.290. The predicted molar refractivity (Wildman–Crippen MR) is 62.1 cm³/mol. The van der Waals surface area contributed by atoms with Crippen LogP contribution in [0.5, 0.6) is 0 Å². The third kappa shape index (κ3) is 3.89. The lowest BCUT2D eigenvalue weighted by Gasteiger charge is -2.14. The molecule has 0 amide bonds. The molecule has 0 aliphatic rings. The maximum Gasteiger partial charge on any atom is 0.123 e. The molecule has 1 atom stereocenters. The number of rotatable bonds is 5. The Balaban J connectivity index is 2.64. The summed E-state index contributed by atoms with van der Waals surface area (Å²) in [6, 6.07) is 4.20. The molecule has 0 spiro atoms. The summed E-state index contributed by atoms with van der Waals surface area (Å²) in [5.41, 5.74) is 6.63. The Morgan fingerprint density at radius 1 is 1.53 bits per heavy atom. The van der Waals surface area contributed by atoms with E-state index >= 15 is 0 Å². The van der Waals surface area contributed by atoms with Gasteiger partial charge in [0.2, 0.25) is 0 Å². The van der Waals surface area contributed by atoms with Crippen LogP contribution in [0.3, 0.4) is 0 Å². The number of benzene rings is 1. The molecule has 0 aliphatic carbocycles. The highest BCUT2D eigenvalue weighted by Crippen LogP contribution is 2.23. The van der Waals surface area contributed by atoms with Crippen molar-refractivity contribution < 1.29 is 9.13 Å². The van der Waals surface area contributed by atoms with Crippen molar-refractivity contribution in [1.82, 2.24) is 0 Å². The zero-order valence-electron chi connectivity index (χ0n) is 8.67. The van der Waals surface area contributed by atoms with E-state index in [4.69, 9.17) is 10.5 Å². The van der Waals surface area contributed by atoms with Gasteiger partial charge < -0.3 is 10.5 Å². The number of hydrogen-bond acceptors (Lipinski definition) is 2. The largest absolute Gasteiger partial charge is 0.379 e. The average molecular weight is 276 g/mol. The first kappa shape index (κ1) is 12.6. The molecule has 0 aliphatic heterocycles. The van der Waals surface area contributed by atoms with Gasteiger partial charge in [0.15, 0.2) is 0 Å². The number of ether oxygens (including phenoxy) is 1. The molecule has 4 heteroatoms. The molecule has 84 valence electrons. The summed E-state index contributed by atoms with van der Waals surface area (Å²) in [4.78, 5) is 0. The zero-order valence-corrected chi connectivity index (χ0v) is 10.3. The van der Waals surface area contributed by atoms with Gasteiger partial charge in [-0.3, -0.25) is 0 Å². The van der Waals surface area contributed by atoms with Gasteiger partial charge in [0, 0.05) is 11.1 Å². The molecule has 0 bridgehead atoms. The SMILES string of the molecule is CCCOCC(N)c1cc(F)ccc1Br. The molecule has 2 nitrogen and oxygen atoms in total. The van der Waals surface area contributed by atoms with Gasteiger partial charge in [-0.15, -0.1) is 0 Å². The molecule has 0 saturated heterocycles. The van der Waals surface area contributed by atoms with E-state index in [1.165, 1.54) is 12.1 Å². The lowest BCUT2D eigenvalue weighted by molar-refractivity contribution is 0.121. The third-order valence-electron chi connectivity index (χ3n) is 2.00. The normalized spacial score (nSPS) is 12.8. The molecule has 15 heavy (non-hydrogen) atoms. The van der Waals surface area contributed by atoms with Gasteiger partial charge in [-0.1, -0.05) is 22.9 Å². The third-order valence-corrected chi connectivity index (χ3v) is 2.73. The molecule has 1 unspecified atom stereocenters. The summed E-state index contributed by atoms with van der Waals surface area (Å²) in [6.45, 7) is 3.13. The summed E-state index contributed by atoms with van der Waals surface area (Å²) >= 11 is 3.34. The van der Waals surface area contributed by atoms with Crippen LogP contribution in [0.25, 0.3) is 0 Å². The van der Waals surface area contributed by atoms with E-state index in [1.54, 1.807) is 6.07 Å². The highest BCUT2D eigenvalue weighted by molar-refractivity contribution is 9.10. The van der Waals surface area contributed by atoms with Crippen LogP contribution in [0.4, 0.5) is 4.39 Å². The van der Waals surface area contributed by atoms with Crippen molar-refractivity contribution in [2.45, 2.75) is 19.4 Å². The monoisotopic (exact) mass is 275 g/mol. The van der Waals surface area contributed by atoms with E-state index in [-0.39, 0.29) is 11.9 Å². The van der Waals surface area contributed by atoms with Crippen molar-refractivity contribution in [3.8, 4) is 0 Å². The summed E-state index contributed by atoms with van der Waals surface area (Å²) in [5.74, 6) is -0.279. The van der Waals surface area contributed by atoms with Crippen molar-refractivity contribution in [3.05, 3.63) is 34.1 Å². The van der Waals surface area contributed by atoms with Gasteiger partial charge in [0.1, 0.15) is 5.82 Å². The van der Waals surface area contributed by atoms with Crippen LogP contribution >= 0.6 is 15.9 Å². The highest BCUT2D eigenvalue weighted by Gasteiger charge is 2.10. The first-order valence-corrected chi connectivity index (χ1v) is 5.72. The summed E-state index contributed by atoms with van der Waals surface area (Å²) < 4.78 is 19.1. The van der Waals surface area contributed by atoms with E-state index < -0.39 is 0 Å². The smallest absolute Gasteiger partial charge is 0.123 e. The van der Waals surface area contributed by atoms with Crippen LogP contribution in [-0.2, 0) is 4.74 Å². The Morgan fingerprint density at radius 3 is 2.93 bits per heavy atom. The fourth-order valence-corrected chi connectivity index (χ4v) is 1.78. The van der Waals surface area contributed by atoms with E-state index in [2.05, 4.69) is 15.9 Å². The van der Waals surface area contributed by atoms with Gasteiger partial charge in [-0.25, -0.2) is 4.39 Å². The average Bonchev–Trinajstić information content (AvgIpc) is 2.22. The molecule has 2 N–H and O–H groups in total. The molecular formula is C11H15BrFNO. The Labute approximate surface area is 97.7 Å². The Kier molecular flexibility index (Phi) is 5.22. The Morgan fingerprint density at radius 2 is 2.27 bits per heavy atom. The van der Waals surface area contributed by atoms with E-state index in [9.17, 15) is 4.39 Å². The van der Waals surface area contributed by atoms with Crippen LogP contribution in [0.1, 0.15) is 24.9 Å². The summed E-state index contributed by atoms with van der Waals surface area (Å²) in [7, 11) is 0. The van der Waals surface area contributed by atoms with Crippen LogP contribution in [0.15, 0.2) is 22.7 Å². The lowest BCUT2D eigenvalue weighted by Crippen LogP contribution is -2.18.